The highest BCUT2D eigenvalue weighted by Gasteiger charge is 2.29. The number of carbonyl (C=O) groups is 2. The van der Waals surface area contributed by atoms with Gasteiger partial charge in [0, 0.05) is 5.69 Å². The molecule has 0 radical (unpaired) electrons. The molecule has 0 aromatic carbocycles. The normalized spacial score (nSPS) is 12.6. The van der Waals surface area contributed by atoms with Crippen LogP contribution in [0.2, 0.25) is 0 Å². The average molecular weight is 304 g/mol. The molecule has 8 nitrogen and oxygen atoms in total. The summed E-state index contributed by atoms with van der Waals surface area (Å²) in [7, 11) is 0. The molecule has 0 atom stereocenters. The van der Waals surface area contributed by atoms with E-state index in [1.807, 2.05) is 0 Å². The highest BCUT2D eigenvalue weighted by atomic mass is 16.5. The van der Waals surface area contributed by atoms with Crippen LogP contribution in [0.5, 0.6) is 0 Å². The van der Waals surface area contributed by atoms with Crippen LogP contribution in [-0.2, 0) is 28.9 Å². The number of aromatic carboxylic acids is 1. The number of hydrogen-bond acceptors (Lipinski definition) is 5. The Morgan fingerprint density at radius 3 is 3.00 bits per heavy atom. The Morgan fingerprint density at radius 2 is 2.27 bits per heavy atom. The summed E-state index contributed by atoms with van der Waals surface area (Å²) in [6.45, 7) is 2.38. The van der Waals surface area contributed by atoms with E-state index in [9.17, 15) is 14.7 Å². The van der Waals surface area contributed by atoms with E-state index in [1.165, 1.54) is 0 Å². The molecule has 2 heterocycles. The van der Waals surface area contributed by atoms with Crippen LogP contribution < -0.4 is 0 Å². The Kier molecular flexibility index (Phi) is 3.66. The predicted molar refractivity (Wildman–Crippen MR) is 75.4 cm³/mol. The van der Waals surface area contributed by atoms with Crippen molar-refractivity contribution < 1.29 is 19.4 Å². The SMILES string of the molecule is CCOC(=O)CCn1nc(C(=O)O)c2c1CCc1cn[nH]c1-2. The average Bonchev–Trinajstić information content (AvgIpc) is 3.09. The van der Waals surface area contributed by atoms with E-state index < -0.39 is 5.97 Å². The van der Waals surface area contributed by atoms with E-state index in [1.54, 1.807) is 17.8 Å². The number of aromatic nitrogens is 4. The Bertz CT molecular complexity index is 731. The van der Waals surface area contributed by atoms with Crippen LogP contribution in [0.4, 0.5) is 0 Å². The van der Waals surface area contributed by atoms with Gasteiger partial charge in [-0.05, 0) is 25.3 Å². The van der Waals surface area contributed by atoms with Gasteiger partial charge in [-0.15, -0.1) is 0 Å². The van der Waals surface area contributed by atoms with Gasteiger partial charge in [0.25, 0.3) is 0 Å². The Morgan fingerprint density at radius 1 is 1.45 bits per heavy atom. The number of carboxylic acid groups (broad SMARTS) is 1. The number of nitrogens with one attached hydrogen (secondary N) is 1. The van der Waals surface area contributed by atoms with Gasteiger partial charge in [0.15, 0.2) is 5.69 Å². The van der Waals surface area contributed by atoms with E-state index in [0.717, 1.165) is 17.7 Å². The molecular formula is C14H16N4O4. The van der Waals surface area contributed by atoms with Gasteiger partial charge in [0.1, 0.15) is 0 Å². The molecule has 0 bridgehead atoms. The molecular weight excluding hydrogens is 288 g/mol. The first kappa shape index (κ1) is 14.3. The molecule has 0 fully saturated rings. The number of aryl methyl sites for hydroxylation is 2. The minimum atomic E-state index is -1.09. The van der Waals surface area contributed by atoms with Crippen molar-refractivity contribution >= 4 is 11.9 Å². The van der Waals surface area contributed by atoms with Crippen LogP contribution in [0.3, 0.4) is 0 Å². The van der Waals surface area contributed by atoms with Crippen molar-refractivity contribution in [3.63, 3.8) is 0 Å². The first-order valence-electron chi connectivity index (χ1n) is 7.13. The van der Waals surface area contributed by atoms with Gasteiger partial charge in [-0.1, -0.05) is 0 Å². The third kappa shape index (κ3) is 2.36. The fourth-order valence-corrected chi connectivity index (χ4v) is 2.75. The minimum Gasteiger partial charge on any atom is -0.476 e. The molecule has 0 saturated carbocycles. The van der Waals surface area contributed by atoms with Crippen molar-refractivity contribution in [3.8, 4) is 11.3 Å². The molecule has 0 unspecified atom stereocenters. The molecule has 22 heavy (non-hydrogen) atoms. The number of esters is 1. The van der Waals surface area contributed by atoms with Gasteiger partial charge in [-0.25, -0.2) is 4.79 Å². The number of ether oxygens (including phenoxy) is 1. The Hall–Kier alpha value is -2.64. The third-order valence-corrected chi connectivity index (χ3v) is 3.69. The summed E-state index contributed by atoms with van der Waals surface area (Å²) in [6, 6.07) is 0. The second-order valence-corrected chi connectivity index (χ2v) is 5.02. The summed E-state index contributed by atoms with van der Waals surface area (Å²) in [5.74, 6) is -1.41. The van der Waals surface area contributed by atoms with Gasteiger partial charge >= 0.3 is 11.9 Å². The standard InChI is InChI=1S/C14H16N4O4/c1-2-22-10(19)5-6-18-9-4-3-8-7-15-16-12(8)11(9)13(17-18)14(20)21/h7H,2-6H2,1H3,(H,15,16)(H,20,21). The van der Waals surface area contributed by atoms with E-state index in [2.05, 4.69) is 15.3 Å². The number of H-pyrrole nitrogens is 1. The molecule has 2 N–H and O–H groups in total. The number of carboxylic acids is 1. The highest BCUT2D eigenvalue weighted by Crippen LogP contribution is 2.34. The zero-order chi connectivity index (χ0) is 15.7. The first-order chi connectivity index (χ1) is 10.6. The quantitative estimate of drug-likeness (QED) is 0.798. The van der Waals surface area contributed by atoms with Crippen LogP contribution in [0.15, 0.2) is 6.20 Å². The van der Waals surface area contributed by atoms with Crippen molar-refractivity contribution in [2.24, 2.45) is 0 Å². The van der Waals surface area contributed by atoms with Crippen molar-refractivity contribution in [1.82, 2.24) is 20.0 Å². The lowest BCUT2D eigenvalue weighted by Crippen LogP contribution is -2.14. The lowest BCUT2D eigenvalue weighted by Gasteiger charge is -2.14. The van der Waals surface area contributed by atoms with Gasteiger partial charge in [-0.3, -0.25) is 14.6 Å². The molecule has 8 heteroatoms. The molecule has 1 aliphatic carbocycles. The summed E-state index contributed by atoms with van der Waals surface area (Å²) in [6.07, 6.45) is 3.31. The van der Waals surface area contributed by atoms with E-state index in [-0.39, 0.29) is 18.1 Å². The monoisotopic (exact) mass is 304 g/mol. The summed E-state index contributed by atoms with van der Waals surface area (Å²) in [5, 5.41) is 20.4. The second kappa shape index (κ2) is 5.63. The molecule has 2 aromatic heterocycles. The maximum atomic E-state index is 11.5. The van der Waals surface area contributed by atoms with Crippen LogP contribution in [0, 0.1) is 0 Å². The third-order valence-electron chi connectivity index (χ3n) is 3.69. The van der Waals surface area contributed by atoms with Crippen molar-refractivity contribution in [1.29, 1.82) is 0 Å². The topological polar surface area (TPSA) is 110 Å². The summed E-state index contributed by atoms with van der Waals surface area (Å²) in [4.78, 5) is 22.9. The number of carbonyl (C=O) groups excluding carboxylic acids is 1. The second-order valence-electron chi connectivity index (χ2n) is 5.02. The number of aromatic amines is 1. The van der Waals surface area contributed by atoms with E-state index in [0.29, 0.717) is 30.8 Å². The van der Waals surface area contributed by atoms with Gasteiger partial charge in [0.2, 0.25) is 0 Å². The van der Waals surface area contributed by atoms with E-state index in [4.69, 9.17) is 4.74 Å². The van der Waals surface area contributed by atoms with Gasteiger partial charge < -0.3 is 9.84 Å². The Balaban J connectivity index is 1.95. The molecule has 2 aromatic rings. The molecule has 0 spiro atoms. The summed E-state index contributed by atoms with van der Waals surface area (Å²) in [5.41, 5.74) is 3.08. The van der Waals surface area contributed by atoms with E-state index >= 15 is 0 Å². The smallest absolute Gasteiger partial charge is 0.357 e. The van der Waals surface area contributed by atoms with Crippen molar-refractivity contribution in [2.75, 3.05) is 6.61 Å². The number of fused-ring (bicyclic) bond motifs is 3. The maximum Gasteiger partial charge on any atom is 0.357 e. The van der Waals surface area contributed by atoms with Crippen LogP contribution in [0.25, 0.3) is 11.3 Å². The molecule has 116 valence electrons. The maximum absolute atomic E-state index is 11.5. The fourth-order valence-electron chi connectivity index (χ4n) is 2.75. The highest BCUT2D eigenvalue weighted by molar-refractivity contribution is 5.95. The van der Waals surface area contributed by atoms with Gasteiger partial charge in [0.05, 0.1) is 37.0 Å². The number of rotatable bonds is 5. The minimum absolute atomic E-state index is 0.0101. The van der Waals surface area contributed by atoms with Crippen LogP contribution in [-0.4, -0.2) is 43.6 Å². The summed E-state index contributed by atoms with van der Waals surface area (Å²) >= 11 is 0. The summed E-state index contributed by atoms with van der Waals surface area (Å²) < 4.78 is 6.49. The Labute approximate surface area is 126 Å². The van der Waals surface area contributed by atoms with Crippen LogP contribution in [0.1, 0.15) is 35.1 Å². The number of hydrogen-bond donors (Lipinski definition) is 2. The molecule has 3 rings (SSSR count). The molecule has 0 saturated heterocycles. The molecule has 1 aliphatic rings. The lowest BCUT2D eigenvalue weighted by atomic mass is 9.94. The molecule has 0 aliphatic heterocycles. The van der Waals surface area contributed by atoms with Crippen molar-refractivity contribution in [3.05, 3.63) is 23.1 Å². The largest absolute Gasteiger partial charge is 0.476 e. The van der Waals surface area contributed by atoms with Crippen LogP contribution >= 0.6 is 0 Å². The fraction of sp³-hybridized carbons (Fsp3) is 0.429. The zero-order valence-corrected chi connectivity index (χ0v) is 12.1. The van der Waals surface area contributed by atoms with Gasteiger partial charge in [-0.2, -0.15) is 10.2 Å². The first-order valence-corrected chi connectivity index (χ1v) is 7.13. The predicted octanol–water partition coefficient (Wildman–Crippen LogP) is 1.02. The van der Waals surface area contributed by atoms with Crippen molar-refractivity contribution in [2.45, 2.75) is 32.7 Å². The number of nitrogens with zero attached hydrogens (tertiary/aromatic N) is 3. The zero-order valence-electron chi connectivity index (χ0n) is 12.1. The molecule has 0 amide bonds. The lowest BCUT2D eigenvalue weighted by molar-refractivity contribution is -0.143.